The van der Waals surface area contributed by atoms with Crippen molar-refractivity contribution in [3.8, 4) is 0 Å². The maximum absolute atomic E-state index is 12.4. The summed E-state index contributed by atoms with van der Waals surface area (Å²) in [5.74, 6) is 0. The molecule has 1 aromatic rings. The molecule has 1 aromatic heterocycles. The van der Waals surface area contributed by atoms with Crippen molar-refractivity contribution in [1.29, 1.82) is 0 Å². The molecule has 0 saturated carbocycles. The van der Waals surface area contributed by atoms with Crippen molar-refractivity contribution in [2.45, 2.75) is 33.4 Å². The molecule has 0 radical (unpaired) electrons. The molecule has 0 saturated heterocycles. The molecule has 0 aliphatic rings. The van der Waals surface area contributed by atoms with E-state index in [1.165, 1.54) is 6.92 Å². The van der Waals surface area contributed by atoms with Gasteiger partial charge in [-0.05, 0) is 31.4 Å². The van der Waals surface area contributed by atoms with Crippen LogP contribution < -0.4 is 0 Å². The number of alkyl halides is 3. The van der Waals surface area contributed by atoms with Gasteiger partial charge in [-0.1, -0.05) is 6.92 Å². The Morgan fingerprint density at radius 1 is 1.21 bits per heavy atom. The van der Waals surface area contributed by atoms with Crippen LogP contribution in [0.5, 0.6) is 0 Å². The lowest BCUT2D eigenvalue weighted by atomic mass is 10.0. The summed E-state index contributed by atoms with van der Waals surface area (Å²) in [4.78, 5) is 3.80. The van der Waals surface area contributed by atoms with E-state index >= 15 is 0 Å². The summed E-state index contributed by atoms with van der Waals surface area (Å²) in [7, 11) is 0. The minimum atomic E-state index is -4.30. The van der Waals surface area contributed by atoms with E-state index in [9.17, 15) is 13.2 Å². The van der Waals surface area contributed by atoms with Crippen molar-refractivity contribution in [3.05, 3.63) is 28.6 Å². The topological polar surface area (TPSA) is 12.9 Å². The van der Waals surface area contributed by atoms with Gasteiger partial charge in [-0.3, -0.25) is 4.98 Å². The lowest BCUT2D eigenvalue weighted by Gasteiger charge is -2.13. The zero-order valence-corrected chi connectivity index (χ0v) is 8.37. The standard InChI is InChI=1S/C10H12F3N/c1-4-9-7(3)6(2)8(5-14-9)10(11,12)13/h5H,4H2,1-3H3. The highest BCUT2D eigenvalue weighted by Crippen LogP contribution is 2.32. The first-order valence-electron chi connectivity index (χ1n) is 4.40. The van der Waals surface area contributed by atoms with E-state index < -0.39 is 11.7 Å². The van der Waals surface area contributed by atoms with Gasteiger partial charge in [0.05, 0.1) is 5.56 Å². The summed E-state index contributed by atoms with van der Waals surface area (Å²) in [5.41, 5.74) is 1.02. The highest BCUT2D eigenvalue weighted by molar-refractivity contribution is 5.36. The average Bonchev–Trinajstić information content (AvgIpc) is 2.07. The lowest BCUT2D eigenvalue weighted by molar-refractivity contribution is -0.138. The number of halogens is 3. The first-order valence-corrected chi connectivity index (χ1v) is 4.40. The summed E-state index contributed by atoms with van der Waals surface area (Å²) in [5, 5.41) is 0. The van der Waals surface area contributed by atoms with Crippen LogP contribution in [0, 0.1) is 13.8 Å². The van der Waals surface area contributed by atoms with Gasteiger partial charge in [0.15, 0.2) is 0 Å². The van der Waals surface area contributed by atoms with Gasteiger partial charge in [-0.15, -0.1) is 0 Å². The Hall–Kier alpha value is -1.06. The molecule has 4 heteroatoms. The molecule has 0 N–H and O–H groups in total. The second-order valence-electron chi connectivity index (χ2n) is 3.22. The number of rotatable bonds is 1. The van der Waals surface area contributed by atoms with E-state index in [1.807, 2.05) is 6.92 Å². The molecular formula is C10H12F3N. The van der Waals surface area contributed by atoms with Gasteiger partial charge in [-0.2, -0.15) is 13.2 Å². The number of pyridine rings is 1. The van der Waals surface area contributed by atoms with Crippen LogP contribution in [-0.2, 0) is 12.6 Å². The molecule has 0 unspecified atom stereocenters. The number of aryl methyl sites for hydroxylation is 1. The number of hydrogen-bond donors (Lipinski definition) is 0. The first kappa shape index (κ1) is 11.0. The monoisotopic (exact) mass is 203 g/mol. The van der Waals surface area contributed by atoms with E-state index in [4.69, 9.17) is 0 Å². The average molecular weight is 203 g/mol. The van der Waals surface area contributed by atoms with Gasteiger partial charge < -0.3 is 0 Å². The molecule has 14 heavy (non-hydrogen) atoms. The summed E-state index contributed by atoms with van der Waals surface area (Å²) in [6, 6.07) is 0. The zero-order valence-electron chi connectivity index (χ0n) is 8.37. The van der Waals surface area contributed by atoms with Crippen LogP contribution in [0.25, 0.3) is 0 Å². The summed E-state index contributed by atoms with van der Waals surface area (Å²) in [6.45, 7) is 5.04. The first-order chi connectivity index (χ1) is 6.38. The molecule has 0 amide bonds. The van der Waals surface area contributed by atoms with Crippen molar-refractivity contribution >= 4 is 0 Å². The molecule has 0 aromatic carbocycles. The maximum Gasteiger partial charge on any atom is 0.418 e. The van der Waals surface area contributed by atoms with E-state index in [1.54, 1.807) is 6.92 Å². The second-order valence-corrected chi connectivity index (χ2v) is 3.22. The lowest BCUT2D eigenvalue weighted by Crippen LogP contribution is -2.11. The Balaban J connectivity index is 3.31. The van der Waals surface area contributed by atoms with Crippen LogP contribution in [0.3, 0.4) is 0 Å². The van der Waals surface area contributed by atoms with Gasteiger partial charge in [0.2, 0.25) is 0 Å². The maximum atomic E-state index is 12.4. The molecule has 0 fully saturated rings. The molecule has 0 aliphatic carbocycles. The highest BCUT2D eigenvalue weighted by Gasteiger charge is 2.33. The van der Waals surface area contributed by atoms with Gasteiger partial charge in [0, 0.05) is 11.9 Å². The molecule has 0 aliphatic heterocycles. The summed E-state index contributed by atoms with van der Waals surface area (Å²) >= 11 is 0. The predicted octanol–water partition coefficient (Wildman–Crippen LogP) is 3.28. The second kappa shape index (κ2) is 3.59. The van der Waals surface area contributed by atoms with Gasteiger partial charge >= 0.3 is 6.18 Å². The van der Waals surface area contributed by atoms with Crippen LogP contribution in [0.2, 0.25) is 0 Å². The molecule has 1 heterocycles. The molecule has 0 spiro atoms. The van der Waals surface area contributed by atoms with E-state index in [-0.39, 0.29) is 5.56 Å². The van der Waals surface area contributed by atoms with Crippen molar-refractivity contribution in [1.82, 2.24) is 4.98 Å². The Kier molecular flexibility index (Phi) is 2.83. The molecule has 0 bridgehead atoms. The fourth-order valence-electron chi connectivity index (χ4n) is 1.40. The minimum Gasteiger partial charge on any atom is -0.260 e. The molecule has 0 atom stereocenters. The summed E-state index contributed by atoms with van der Waals surface area (Å²) in [6.07, 6.45) is -2.72. The zero-order chi connectivity index (χ0) is 10.9. The number of aromatic nitrogens is 1. The van der Waals surface area contributed by atoms with E-state index in [2.05, 4.69) is 4.98 Å². The SMILES string of the molecule is CCc1ncc(C(F)(F)F)c(C)c1C. The Labute approximate surface area is 81.0 Å². The fraction of sp³-hybridized carbons (Fsp3) is 0.500. The molecule has 78 valence electrons. The molecule has 1 rings (SSSR count). The van der Waals surface area contributed by atoms with Crippen LogP contribution in [0.1, 0.15) is 29.3 Å². The van der Waals surface area contributed by atoms with Crippen LogP contribution >= 0.6 is 0 Å². The highest BCUT2D eigenvalue weighted by atomic mass is 19.4. The predicted molar refractivity (Wildman–Crippen MR) is 48.1 cm³/mol. The van der Waals surface area contributed by atoms with E-state index in [0.29, 0.717) is 12.0 Å². The molecular weight excluding hydrogens is 191 g/mol. The van der Waals surface area contributed by atoms with Crippen molar-refractivity contribution < 1.29 is 13.2 Å². The number of hydrogen-bond acceptors (Lipinski definition) is 1. The van der Waals surface area contributed by atoms with E-state index in [0.717, 1.165) is 11.9 Å². The third-order valence-corrected chi connectivity index (χ3v) is 2.39. The largest absolute Gasteiger partial charge is 0.418 e. The Morgan fingerprint density at radius 2 is 1.79 bits per heavy atom. The Morgan fingerprint density at radius 3 is 2.21 bits per heavy atom. The third-order valence-electron chi connectivity index (χ3n) is 2.39. The molecule has 1 nitrogen and oxygen atoms in total. The third kappa shape index (κ3) is 1.89. The smallest absolute Gasteiger partial charge is 0.260 e. The number of nitrogens with zero attached hydrogens (tertiary/aromatic N) is 1. The Bertz CT molecular complexity index is 342. The van der Waals surface area contributed by atoms with Crippen molar-refractivity contribution in [2.75, 3.05) is 0 Å². The quantitative estimate of drug-likeness (QED) is 0.682. The van der Waals surface area contributed by atoms with Gasteiger partial charge in [0.25, 0.3) is 0 Å². The normalized spacial score (nSPS) is 11.9. The summed E-state index contributed by atoms with van der Waals surface area (Å²) < 4.78 is 37.3. The minimum absolute atomic E-state index is 0.282. The van der Waals surface area contributed by atoms with Gasteiger partial charge in [0.1, 0.15) is 0 Å². The van der Waals surface area contributed by atoms with Gasteiger partial charge in [-0.25, -0.2) is 0 Å². The van der Waals surface area contributed by atoms with Crippen LogP contribution in [-0.4, -0.2) is 4.98 Å². The van der Waals surface area contributed by atoms with Crippen molar-refractivity contribution in [3.63, 3.8) is 0 Å². The van der Waals surface area contributed by atoms with Crippen molar-refractivity contribution in [2.24, 2.45) is 0 Å². The van der Waals surface area contributed by atoms with Crippen LogP contribution in [0.4, 0.5) is 13.2 Å². The van der Waals surface area contributed by atoms with Crippen LogP contribution in [0.15, 0.2) is 6.20 Å². The fourth-order valence-corrected chi connectivity index (χ4v) is 1.40.